The quantitative estimate of drug-likeness (QED) is 0.799. The predicted molar refractivity (Wildman–Crippen MR) is 81.6 cm³/mol. The lowest BCUT2D eigenvalue weighted by atomic mass is 10.1. The molecule has 1 aliphatic rings. The number of hydrogen-bond donors (Lipinski definition) is 2. The number of alkyl halides is 3. The van der Waals surface area contributed by atoms with Gasteiger partial charge in [-0.1, -0.05) is 0 Å². The van der Waals surface area contributed by atoms with Crippen molar-refractivity contribution in [3.8, 4) is 11.5 Å². The van der Waals surface area contributed by atoms with Crippen LogP contribution in [0.15, 0.2) is 27.7 Å². The molecule has 0 radical (unpaired) electrons. The number of furan rings is 1. The summed E-state index contributed by atoms with van der Waals surface area (Å²) in [5.74, 6) is -0.104. The van der Waals surface area contributed by atoms with Gasteiger partial charge in [-0.05, 0) is 24.6 Å². The van der Waals surface area contributed by atoms with E-state index in [4.69, 9.17) is 13.9 Å². The van der Waals surface area contributed by atoms with E-state index in [0.717, 1.165) is 12.1 Å². The number of aromatic amines is 1. The molecule has 0 aromatic carbocycles. The molecule has 0 bridgehead atoms. The zero-order valence-corrected chi connectivity index (χ0v) is 14.4. The second-order valence-corrected chi connectivity index (χ2v) is 7.29. The third-order valence-electron chi connectivity index (χ3n) is 3.90. The maximum Gasteiger partial charge on any atom is 0.432 e. The van der Waals surface area contributed by atoms with E-state index in [1.165, 1.54) is 13.2 Å². The van der Waals surface area contributed by atoms with Crippen molar-refractivity contribution in [1.82, 2.24) is 14.9 Å². The minimum absolute atomic E-state index is 0.104. The Hall–Kier alpha value is -1.89. The van der Waals surface area contributed by atoms with Crippen LogP contribution >= 0.6 is 0 Å². The van der Waals surface area contributed by atoms with Crippen molar-refractivity contribution in [2.24, 2.45) is 0 Å². The summed E-state index contributed by atoms with van der Waals surface area (Å²) in [6.07, 6.45) is -4.62. The van der Waals surface area contributed by atoms with E-state index < -0.39 is 39.1 Å². The molecule has 0 saturated carbocycles. The van der Waals surface area contributed by atoms with Crippen LogP contribution in [0.3, 0.4) is 0 Å². The van der Waals surface area contributed by atoms with Gasteiger partial charge in [0, 0.05) is 13.7 Å². The molecule has 8 nitrogen and oxygen atoms in total. The first-order chi connectivity index (χ1) is 12.2. The lowest BCUT2D eigenvalue weighted by Crippen LogP contribution is -2.49. The first-order valence-corrected chi connectivity index (χ1v) is 9.04. The van der Waals surface area contributed by atoms with Gasteiger partial charge in [0.25, 0.3) is 10.0 Å². The van der Waals surface area contributed by atoms with Crippen molar-refractivity contribution in [2.75, 3.05) is 20.3 Å². The van der Waals surface area contributed by atoms with Gasteiger partial charge >= 0.3 is 6.18 Å². The molecule has 12 heteroatoms. The number of H-pyrrole nitrogens is 1. The SMILES string of the molecule is CO[C@H]1COCC[C@@H]1NS(=O)(=O)c1ccc(-c2cc(C(F)(F)F)[nH]n2)o1. The Balaban J connectivity index is 1.79. The van der Waals surface area contributed by atoms with E-state index >= 15 is 0 Å². The average molecular weight is 395 g/mol. The van der Waals surface area contributed by atoms with Crippen LogP contribution in [0.4, 0.5) is 13.2 Å². The Morgan fingerprint density at radius 3 is 2.81 bits per heavy atom. The Kier molecular flexibility index (Phi) is 5.10. The summed E-state index contributed by atoms with van der Waals surface area (Å²) in [5.41, 5.74) is -1.21. The summed E-state index contributed by atoms with van der Waals surface area (Å²) in [6, 6.07) is 2.63. The number of rotatable bonds is 5. The highest BCUT2D eigenvalue weighted by atomic mass is 32.2. The highest BCUT2D eigenvalue weighted by Gasteiger charge is 2.34. The lowest BCUT2D eigenvalue weighted by molar-refractivity contribution is -0.141. The molecule has 3 rings (SSSR count). The minimum atomic E-state index is -4.59. The normalized spacial score (nSPS) is 21.8. The molecule has 1 fully saturated rings. The van der Waals surface area contributed by atoms with Gasteiger partial charge < -0.3 is 13.9 Å². The number of hydrogen-bond acceptors (Lipinski definition) is 6. The fourth-order valence-electron chi connectivity index (χ4n) is 2.53. The maximum atomic E-state index is 12.6. The summed E-state index contributed by atoms with van der Waals surface area (Å²) in [5, 5.41) is 4.91. The summed E-state index contributed by atoms with van der Waals surface area (Å²) >= 11 is 0. The second kappa shape index (κ2) is 7.02. The van der Waals surface area contributed by atoms with Gasteiger partial charge in [-0.3, -0.25) is 5.10 Å². The first-order valence-electron chi connectivity index (χ1n) is 7.56. The Labute approximate surface area is 146 Å². The molecular formula is C14H16F3N3O5S. The van der Waals surface area contributed by atoms with Crippen molar-refractivity contribution in [2.45, 2.75) is 29.8 Å². The summed E-state index contributed by atoms with van der Waals surface area (Å²) in [6.45, 7) is 0.629. The van der Waals surface area contributed by atoms with Crippen molar-refractivity contribution < 1.29 is 35.5 Å². The van der Waals surface area contributed by atoms with Crippen LogP contribution in [-0.4, -0.2) is 51.1 Å². The summed E-state index contributed by atoms with van der Waals surface area (Å²) in [7, 11) is -2.58. The predicted octanol–water partition coefficient (Wildman–Crippen LogP) is 1.77. The average Bonchev–Trinajstić information content (AvgIpc) is 3.24. The van der Waals surface area contributed by atoms with Crippen LogP contribution in [0, 0.1) is 0 Å². The fraction of sp³-hybridized carbons (Fsp3) is 0.500. The van der Waals surface area contributed by atoms with Gasteiger partial charge in [-0.15, -0.1) is 0 Å². The molecule has 1 saturated heterocycles. The third kappa shape index (κ3) is 3.92. The highest BCUT2D eigenvalue weighted by molar-refractivity contribution is 7.89. The monoisotopic (exact) mass is 395 g/mol. The van der Waals surface area contributed by atoms with E-state index in [0.29, 0.717) is 13.0 Å². The number of sulfonamides is 1. The highest BCUT2D eigenvalue weighted by Crippen LogP contribution is 2.31. The molecule has 1 aliphatic heterocycles. The van der Waals surface area contributed by atoms with Crippen LogP contribution in [-0.2, 0) is 25.7 Å². The Morgan fingerprint density at radius 2 is 2.15 bits per heavy atom. The van der Waals surface area contributed by atoms with Crippen LogP contribution in [0.2, 0.25) is 0 Å². The molecule has 2 aromatic heterocycles. The standard InChI is InChI=1S/C14H16F3N3O5S/c1-23-11-7-24-5-4-8(11)20-26(21,22)13-3-2-10(25-13)9-6-12(19-18-9)14(15,16)17/h2-3,6,8,11,20H,4-5,7H2,1H3,(H,18,19)/t8-,11-/m0/s1. The number of halogens is 3. The molecule has 144 valence electrons. The minimum Gasteiger partial charge on any atom is -0.442 e. The van der Waals surface area contributed by atoms with Gasteiger partial charge in [0.15, 0.2) is 5.76 Å². The van der Waals surface area contributed by atoms with E-state index in [-0.39, 0.29) is 18.1 Å². The lowest BCUT2D eigenvalue weighted by Gasteiger charge is -2.30. The number of nitrogens with one attached hydrogen (secondary N) is 2. The van der Waals surface area contributed by atoms with Crippen molar-refractivity contribution >= 4 is 10.0 Å². The number of ether oxygens (including phenoxy) is 2. The number of nitrogens with zero attached hydrogens (tertiary/aromatic N) is 1. The van der Waals surface area contributed by atoms with E-state index in [1.54, 1.807) is 0 Å². The molecule has 0 aliphatic carbocycles. The molecule has 3 heterocycles. The van der Waals surface area contributed by atoms with Gasteiger partial charge in [0.05, 0.1) is 18.8 Å². The van der Waals surface area contributed by atoms with Gasteiger partial charge in [-0.25, -0.2) is 13.1 Å². The van der Waals surface area contributed by atoms with Crippen LogP contribution in [0.1, 0.15) is 12.1 Å². The van der Waals surface area contributed by atoms with Gasteiger partial charge in [0.2, 0.25) is 5.09 Å². The van der Waals surface area contributed by atoms with Crippen LogP contribution in [0.5, 0.6) is 0 Å². The fourth-order valence-corrected chi connectivity index (χ4v) is 3.76. The second-order valence-electron chi connectivity index (χ2n) is 5.65. The number of aromatic nitrogens is 2. The van der Waals surface area contributed by atoms with Gasteiger partial charge in [0.1, 0.15) is 11.4 Å². The topological polar surface area (TPSA) is 106 Å². The summed E-state index contributed by atoms with van der Waals surface area (Å²) in [4.78, 5) is 0. The zero-order chi connectivity index (χ0) is 18.9. The largest absolute Gasteiger partial charge is 0.442 e. The Bertz CT molecular complexity index is 861. The molecule has 2 atom stereocenters. The molecule has 26 heavy (non-hydrogen) atoms. The van der Waals surface area contributed by atoms with Crippen molar-refractivity contribution in [3.05, 3.63) is 23.9 Å². The molecular weight excluding hydrogens is 379 g/mol. The van der Waals surface area contributed by atoms with E-state index in [1.807, 2.05) is 5.10 Å². The molecule has 2 N–H and O–H groups in total. The summed E-state index contributed by atoms with van der Waals surface area (Å²) < 4.78 is 80.9. The first kappa shape index (κ1) is 18.9. The van der Waals surface area contributed by atoms with Crippen molar-refractivity contribution in [1.29, 1.82) is 0 Å². The smallest absolute Gasteiger partial charge is 0.432 e. The van der Waals surface area contributed by atoms with Crippen LogP contribution < -0.4 is 4.72 Å². The van der Waals surface area contributed by atoms with Crippen LogP contribution in [0.25, 0.3) is 11.5 Å². The zero-order valence-electron chi connectivity index (χ0n) is 13.5. The Morgan fingerprint density at radius 1 is 1.38 bits per heavy atom. The maximum absolute atomic E-state index is 12.6. The molecule has 0 unspecified atom stereocenters. The van der Waals surface area contributed by atoms with E-state index in [9.17, 15) is 21.6 Å². The van der Waals surface area contributed by atoms with Gasteiger partial charge in [-0.2, -0.15) is 18.3 Å². The molecule has 0 amide bonds. The van der Waals surface area contributed by atoms with E-state index in [2.05, 4.69) is 9.82 Å². The number of methoxy groups -OCH3 is 1. The van der Waals surface area contributed by atoms with Crippen molar-refractivity contribution in [3.63, 3.8) is 0 Å². The third-order valence-corrected chi connectivity index (χ3v) is 5.26. The molecule has 0 spiro atoms. The molecule has 2 aromatic rings.